The van der Waals surface area contributed by atoms with Crippen LogP contribution in [-0.4, -0.2) is 23.3 Å². The van der Waals surface area contributed by atoms with E-state index in [9.17, 15) is 0 Å². The third kappa shape index (κ3) is 2.72. The molecular weight excluding hydrogens is 268 g/mol. The van der Waals surface area contributed by atoms with Crippen molar-refractivity contribution in [3.63, 3.8) is 0 Å². The smallest absolute Gasteiger partial charge is 0.191 e. The topological polar surface area (TPSA) is 49.8 Å². The Morgan fingerprint density at radius 2 is 1.85 bits per heavy atom. The monoisotopic (exact) mass is 286 g/mol. The first-order valence-electron chi connectivity index (χ1n) is 6.78. The Morgan fingerprint density at radius 1 is 1.05 bits per heavy atom. The lowest BCUT2D eigenvalue weighted by Gasteiger charge is -2.10. The summed E-state index contributed by atoms with van der Waals surface area (Å²) in [7, 11) is 1.87. The normalized spacial score (nSPS) is 13.1. The van der Waals surface area contributed by atoms with E-state index in [1.54, 1.807) is 11.8 Å². The van der Waals surface area contributed by atoms with Crippen LogP contribution in [0.5, 0.6) is 0 Å². The van der Waals surface area contributed by atoms with Crippen molar-refractivity contribution in [2.24, 2.45) is 0 Å². The number of hydrogen-bond donors (Lipinski definition) is 2. The maximum absolute atomic E-state index is 4.49. The highest BCUT2D eigenvalue weighted by atomic mass is 32.2. The van der Waals surface area contributed by atoms with Crippen LogP contribution in [0, 0.1) is 0 Å². The standard InChI is InChI=1S/C15H18N4S/c1-16-13-9-14(19-15(18-13)20-2)17-12-7-6-10-4-3-5-11(10)8-12/h6-9H,3-5H2,1-2H3,(H2,16,17,18,19). The van der Waals surface area contributed by atoms with E-state index in [0.717, 1.165) is 22.5 Å². The molecule has 1 aliphatic carbocycles. The Morgan fingerprint density at radius 3 is 2.65 bits per heavy atom. The maximum atomic E-state index is 4.49. The molecule has 0 spiro atoms. The molecule has 0 radical (unpaired) electrons. The third-order valence-corrected chi connectivity index (χ3v) is 4.06. The average Bonchev–Trinajstić information content (AvgIpc) is 2.94. The molecular formula is C15H18N4S. The van der Waals surface area contributed by atoms with Gasteiger partial charge in [0.15, 0.2) is 5.16 Å². The number of fused-ring (bicyclic) bond motifs is 1. The molecule has 0 unspecified atom stereocenters. The van der Waals surface area contributed by atoms with E-state index in [1.807, 2.05) is 19.4 Å². The quantitative estimate of drug-likeness (QED) is 0.666. The van der Waals surface area contributed by atoms with Crippen LogP contribution in [0.15, 0.2) is 29.4 Å². The molecule has 1 aromatic heterocycles. The van der Waals surface area contributed by atoms with E-state index >= 15 is 0 Å². The van der Waals surface area contributed by atoms with Gasteiger partial charge >= 0.3 is 0 Å². The van der Waals surface area contributed by atoms with Gasteiger partial charge in [0.1, 0.15) is 11.6 Å². The zero-order valence-electron chi connectivity index (χ0n) is 11.7. The van der Waals surface area contributed by atoms with E-state index < -0.39 is 0 Å². The summed E-state index contributed by atoms with van der Waals surface area (Å²) in [5.74, 6) is 1.65. The van der Waals surface area contributed by atoms with E-state index in [-0.39, 0.29) is 0 Å². The second-order valence-corrected chi connectivity index (χ2v) is 5.61. The van der Waals surface area contributed by atoms with E-state index in [2.05, 4.69) is 38.8 Å². The summed E-state index contributed by atoms with van der Waals surface area (Å²) < 4.78 is 0. The molecule has 2 aromatic rings. The molecule has 0 saturated heterocycles. The van der Waals surface area contributed by atoms with Gasteiger partial charge in [-0.05, 0) is 48.8 Å². The lowest BCUT2D eigenvalue weighted by atomic mass is 10.1. The Labute approximate surface area is 123 Å². The Bertz CT molecular complexity index is 605. The maximum Gasteiger partial charge on any atom is 0.191 e. The van der Waals surface area contributed by atoms with Gasteiger partial charge in [0.25, 0.3) is 0 Å². The summed E-state index contributed by atoms with van der Waals surface area (Å²) in [6, 6.07) is 8.51. The van der Waals surface area contributed by atoms with Crippen molar-refractivity contribution in [1.29, 1.82) is 0 Å². The molecule has 0 fully saturated rings. The van der Waals surface area contributed by atoms with Crippen LogP contribution >= 0.6 is 11.8 Å². The number of rotatable bonds is 4. The zero-order valence-corrected chi connectivity index (χ0v) is 12.5. The van der Waals surface area contributed by atoms with Gasteiger partial charge in [-0.3, -0.25) is 0 Å². The predicted octanol–water partition coefficient (Wildman–Crippen LogP) is 3.47. The van der Waals surface area contributed by atoms with Crippen molar-refractivity contribution in [1.82, 2.24) is 9.97 Å². The highest BCUT2D eigenvalue weighted by molar-refractivity contribution is 7.98. The summed E-state index contributed by atoms with van der Waals surface area (Å²) >= 11 is 1.54. The molecule has 3 rings (SSSR count). The van der Waals surface area contributed by atoms with Gasteiger partial charge in [-0.25, -0.2) is 9.97 Å². The molecule has 0 saturated carbocycles. The lowest BCUT2D eigenvalue weighted by Crippen LogP contribution is -2.01. The minimum Gasteiger partial charge on any atom is -0.373 e. The van der Waals surface area contributed by atoms with Crippen molar-refractivity contribution in [2.45, 2.75) is 24.4 Å². The van der Waals surface area contributed by atoms with Crippen molar-refractivity contribution in [3.8, 4) is 0 Å². The van der Waals surface area contributed by atoms with Crippen LogP contribution in [0.3, 0.4) is 0 Å². The molecule has 0 bridgehead atoms. The van der Waals surface area contributed by atoms with Crippen molar-refractivity contribution < 1.29 is 0 Å². The van der Waals surface area contributed by atoms with Crippen LogP contribution in [-0.2, 0) is 12.8 Å². The van der Waals surface area contributed by atoms with E-state index in [0.29, 0.717) is 0 Å². The minimum atomic E-state index is 0.764. The second kappa shape index (κ2) is 5.71. The second-order valence-electron chi connectivity index (χ2n) is 4.84. The zero-order chi connectivity index (χ0) is 13.9. The largest absolute Gasteiger partial charge is 0.373 e. The van der Waals surface area contributed by atoms with Crippen LogP contribution in [0.2, 0.25) is 0 Å². The SMILES string of the molecule is CNc1cc(Nc2ccc3c(c2)CCC3)nc(SC)n1. The molecule has 0 atom stereocenters. The van der Waals surface area contributed by atoms with Crippen LogP contribution in [0.1, 0.15) is 17.5 Å². The molecule has 1 aromatic carbocycles. The van der Waals surface area contributed by atoms with Gasteiger partial charge in [0.2, 0.25) is 0 Å². The highest BCUT2D eigenvalue weighted by Crippen LogP contribution is 2.27. The molecule has 0 amide bonds. The lowest BCUT2D eigenvalue weighted by molar-refractivity contribution is 0.912. The fourth-order valence-electron chi connectivity index (χ4n) is 2.51. The molecule has 1 heterocycles. The first-order valence-corrected chi connectivity index (χ1v) is 8.00. The molecule has 104 valence electrons. The summed E-state index contributed by atoms with van der Waals surface area (Å²) in [6.07, 6.45) is 5.65. The third-order valence-electron chi connectivity index (χ3n) is 3.52. The van der Waals surface area contributed by atoms with Gasteiger partial charge in [-0.2, -0.15) is 0 Å². The molecule has 20 heavy (non-hydrogen) atoms. The molecule has 1 aliphatic rings. The highest BCUT2D eigenvalue weighted by Gasteiger charge is 2.11. The minimum absolute atomic E-state index is 0.764. The summed E-state index contributed by atoms with van der Waals surface area (Å²) in [6.45, 7) is 0. The number of aromatic nitrogens is 2. The fourth-order valence-corrected chi connectivity index (χ4v) is 2.89. The van der Waals surface area contributed by atoms with Gasteiger partial charge < -0.3 is 10.6 Å². The van der Waals surface area contributed by atoms with Crippen molar-refractivity contribution in [3.05, 3.63) is 35.4 Å². The number of thioether (sulfide) groups is 1. The number of aryl methyl sites for hydroxylation is 2. The van der Waals surface area contributed by atoms with Crippen LogP contribution in [0.25, 0.3) is 0 Å². The van der Waals surface area contributed by atoms with Crippen molar-refractivity contribution in [2.75, 3.05) is 23.9 Å². The summed E-state index contributed by atoms with van der Waals surface area (Å²) in [4.78, 5) is 8.86. The van der Waals surface area contributed by atoms with Gasteiger partial charge in [-0.15, -0.1) is 0 Å². The Balaban J connectivity index is 1.87. The van der Waals surface area contributed by atoms with E-state index in [4.69, 9.17) is 0 Å². The van der Waals surface area contributed by atoms with Gasteiger partial charge in [-0.1, -0.05) is 17.8 Å². The van der Waals surface area contributed by atoms with Gasteiger partial charge in [0.05, 0.1) is 0 Å². The fraction of sp³-hybridized carbons (Fsp3) is 0.333. The van der Waals surface area contributed by atoms with Crippen molar-refractivity contribution >= 4 is 29.1 Å². The van der Waals surface area contributed by atoms with E-state index in [1.165, 1.54) is 30.4 Å². The predicted molar refractivity (Wildman–Crippen MR) is 85.1 cm³/mol. The number of hydrogen-bond acceptors (Lipinski definition) is 5. The first-order chi connectivity index (χ1) is 9.78. The Kier molecular flexibility index (Phi) is 3.78. The number of nitrogens with zero attached hydrogens (tertiary/aromatic N) is 2. The summed E-state index contributed by atoms with van der Waals surface area (Å²) in [5.41, 5.74) is 4.04. The van der Waals surface area contributed by atoms with Crippen LogP contribution < -0.4 is 10.6 Å². The molecule has 2 N–H and O–H groups in total. The average molecular weight is 286 g/mol. The molecule has 4 nitrogen and oxygen atoms in total. The van der Waals surface area contributed by atoms with Crippen LogP contribution in [0.4, 0.5) is 17.3 Å². The number of anilines is 3. The van der Waals surface area contributed by atoms with Gasteiger partial charge in [0, 0.05) is 18.8 Å². The first kappa shape index (κ1) is 13.2. The summed E-state index contributed by atoms with van der Waals surface area (Å²) in [5, 5.41) is 7.21. The Hall–Kier alpha value is -1.75. The molecule has 5 heteroatoms. The number of benzene rings is 1. The molecule has 0 aliphatic heterocycles. The number of nitrogens with one attached hydrogen (secondary N) is 2.